The van der Waals surface area contributed by atoms with Crippen molar-refractivity contribution in [3.63, 3.8) is 0 Å². The van der Waals surface area contributed by atoms with Crippen LogP contribution in [-0.2, 0) is 4.18 Å². The lowest BCUT2D eigenvalue weighted by Crippen LogP contribution is -2.09. The van der Waals surface area contributed by atoms with Crippen molar-refractivity contribution in [2.45, 2.75) is 26.9 Å². The van der Waals surface area contributed by atoms with Gasteiger partial charge >= 0.3 is 0 Å². The number of hydrogen-bond acceptors (Lipinski definition) is 2. The zero-order chi connectivity index (χ0) is 5.86. The molecule has 0 amide bonds. The van der Waals surface area contributed by atoms with E-state index >= 15 is 0 Å². The van der Waals surface area contributed by atoms with Crippen LogP contribution in [-0.4, -0.2) is 6.10 Å². The molecule has 0 aliphatic rings. The van der Waals surface area contributed by atoms with Gasteiger partial charge < -0.3 is 4.18 Å². The molecular weight excluding hydrogens is 108 g/mol. The van der Waals surface area contributed by atoms with E-state index in [1.807, 2.05) is 6.92 Å². The minimum absolute atomic E-state index is 0.267. The predicted octanol–water partition coefficient (Wildman–Crippen LogP) is 1.89. The normalized spacial score (nSPS) is 15.0. The molecule has 1 unspecified atom stereocenters. The fourth-order valence-electron chi connectivity index (χ4n) is 0.122. The smallest absolute Gasteiger partial charge is 0.0713 e. The minimum atomic E-state index is 0.267. The van der Waals surface area contributed by atoms with Crippen LogP contribution in [0.3, 0.4) is 0 Å². The molecule has 1 atom stereocenters. The first-order valence-electron chi connectivity index (χ1n) is 2.48. The largest absolute Gasteiger partial charge is 0.315 e. The Hall–Kier alpha value is 0.310. The van der Waals surface area contributed by atoms with Crippen molar-refractivity contribution in [2.75, 3.05) is 0 Å². The molecule has 2 heteroatoms. The van der Waals surface area contributed by atoms with E-state index in [0.29, 0.717) is 5.92 Å². The van der Waals surface area contributed by atoms with E-state index in [4.69, 9.17) is 4.18 Å². The van der Waals surface area contributed by atoms with Crippen molar-refractivity contribution in [3.05, 3.63) is 0 Å². The Balaban J connectivity index is 3.14. The minimum Gasteiger partial charge on any atom is -0.315 e. The first kappa shape index (κ1) is 7.31. The molecule has 1 nitrogen and oxygen atoms in total. The Labute approximate surface area is 50.7 Å². The van der Waals surface area contributed by atoms with Gasteiger partial charge in [-0.15, -0.1) is 0 Å². The Kier molecular flexibility index (Phi) is 3.48. The summed E-state index contributed by atoms with van der Waals surface area (Å²) in [5, 5.41) is 0. The van der Waals surface area contributed by atoms with Crippen molar-refractivity contribution in [1.82, 2.24) is 0 Å². The molecule has 0 spiro atoms. The summed E-state index contributed by atoms with van der Waals surface area (Å²) in [6.07, 6.45) is 0.267. The van der Waals surface area contributed by atoms with Gasteiger partial charge in [-0.25, -0.2) is 0 Å². The van der Waals surface area contributed by atoms with E-state index in [-0.39, 0.29) is 6.10 Å². The SMILES string of the molecule is CC(C)C(C)OS. The summed E-state index contributed by atoms with van der Waals surface area (Å²) in [5.41, 5.74) is 0. The van der Waals surface area contributed by atoms with Crippen LogP contribution >= 0.6 is 12.9 Å². The maximum absolute atomic E-state index is 4.71. The number of hydrogen-bond donors (Lipinski definition) is 1. The number of thiol groups is 1. The molecule has 0 saturated carbocycles. The van der Waals surface area contributed by atoms with Gasteiger partial charge in [0.25, 0.3) is 0 Å². The molecule has 0 aromatic carbocycles. The van der Waals surface area contributed by atoms with Gasteiger partial charge in [0, 0.05) is 0 Å². The molecule has 0 bridgehead atoms. The molecular formula is C5H12OS. The van der Waals surface area contributed by atoms with Crippen molar-refractivity contribution in [2.24, 2.45) is 5.92 Å². The Morgan fingerprint density at radius 2 is 1.71 bits per heavy atom. The van der Waals surface area contributed by atoms with Gasteiger partial charge in [0.15, 0.2) is 0 Å². The van der Waals surface area contributed by atoms with E-state index in [1.54, 1.807) is 0 Å². The van der Waals surface area contributed by atoms with Crippen molar-refractivity contribution in [1.29, 1.82) is 0 Å². The highest BCUT2D eigenvalue weighted by Gasteiger charge is 2.03. The Morgan fingerprint density at radius 1 is 1.29 bits per heavy atom. The van der Waals surface area contributed by atoms with Crippen LogP contribution in [0.4, 0.5) is 0 Å². The van der Waals surface area contributed by atoms with Gasteiger partial charge in [-0.1, -0.05) is 13.8 Å². The van der Waals surface area contributed by atoms with Crippen LogP contribution < -0.4 is 0 Å². The van der Waals surface area contributed by atoms with Crippen LogP contribution in [0.15, 0.2) is 0 Å². The van der Waals surface area contributed by atoms with Gasteiger partial charge in [0.05, 0.1) is 6.10 Å². The first-order chi connectivity index (χ1) is 3.18. The van der Waals surface area contributed by atoms with Crippen LogP contribution in [0, 0.1) is 5.92 Å². The van der Waals surface area contributed by atoms with Gasteiger partial charge in [-0.3, -0.25) is 0 Å². The second-order valence-electron chi connectivity index (χ2n) is 2.05. The summed E-state index contributed by atoms with van der Waals surface area (Å²) in [7, 11) is 0. The molecule has 0 rings (SSSR count). The van der Waals surface area contributed by atoms with Crippen molar-refractivity contribution in [3.8, 4) is 0 Å². The van der Waals surface area contributed by atoms with Crippen LogP contribution in [0.1, 0.15) is 20.8 Å². The van der Waals surface area contributed by atoms with E-state index in [0.717, 1.165) is 0 Å². The van der Waals surface area contributed by atoms with Gasteiger partial charge in [-0.2, -0.15) is 0 Å². The molecule has 0 aromatic heterocycles. The summed E-state index contributed by atoms with van der Waals surface area (Å²) >= 11 is 3.65. The fourth-order valence-corrected chi connectivity index (χ4v) is 0.365. The van der Waals surface area contributed by atoms with Crippen LogP contribution in [0.25, 0.3) is 0 Å². The topological polar surface area (TPSA) is 9.23 Å². The van der Waals surface area contributed by atoms with Crippen LogP contribution in [0.2, 0.25) is 0 Å². The van der Waals surface area contributed by atoms with E-state index < -0.39 is 0 Å². The third-order valence-electron chi connectivity index (χ3n) is 1.11. The standard InChI is InChI=1S/C5H12OS/c1-4(2)5(3)6-7/h4-5,7H,1-3H3. The first-order valence-corrected chi connectivity index (χ1v) is 2.85. The lowest BCUT2D eigenvalue weighted by atomic mass is 10.1. The van der Waals surface area contributed by atoms with Crippen LogP contribution in [0.5, 0.6) is 0 Å². The lowest BCUT2D eigenvalue weighted by Gasteiger charge is -2.10. The predicted molar refractivity (Wildman–Crippen MR) is 34.4 cm³/mol. The van der Waals surface area contributed by atoms with Gasteiger partial charge in [-0.05, 0) is 25.8 Å². The highest BCUT2D eigenvalue weighted by molar-refractivity contribution is 7.75. The summed E-state index contributed by atoms with van der Waals surface area (Å²) < 4.78 is 4.71. The highest BCUT2D eigenvalue weighted by Crippen LogP contribution is 2.05. The van der Waals surface area contributed by atoms with Gasteiger partial charge in [0.2, 0.25) is 0 Å². The lowest BCUT2D eigenvalue weighted by molar-refractivity contribution is 0.209. The zero-order valence-electron chi connectivity index (χ0n) is 5.01. The molecule has 0 heterocycles. The molecule has 0 aliphatic carbocycles. The monoisotopic (exact) mass is 120 g/mol. The fraction of sp³-hybridized carbons (Fsp3) is 1.00. The van der Waals surface area contributed by atoms with E-state index in [1.165, 1.54) is 0 Å². The second kappa shape index (κ2) is 3.33. The summed E-state index contributed by atoms with van der Waals surface area (Å²) in [4.78, 5) is 0. The summed E-state index contributed by atoms with van der Waals surface area (Å²) in [6, 6.07) is 0. The molecule has 7 heavy (non-hydrogen) atoms. The average Bonchev–Trinajstić information content (AvgIpc) is 1.65. The van der Waals surface area contributed by atoms with E-state index in [2.05, 4.69) is 26.8 Å². The third kappa shape index (κ3) is 2.94. The molecule has 0 saturated heterocycles. The van der Waals surface area contributed by atoms with Gasteiger partial charge in [0.1, 0.15) is 0 Å². The summed E-state index contributed by atoms with van der Waals surface area (Å²) in [6.45, 7) is 6.19. The Morgan fingerprint density at radius 3 is 1.71 bits per heavy atom. The highest BCUT2D eigenvalue weighted by atomic mass is 32.1. The molecule has 0 fully saturated rings. The molecule has 44 valence electrons. The molecule has 0 aliphatic heterocycles. The second-order valence-corrected chi connectivity index (χ2v) is 2.27. The Bertz CT molecular complexity index is 45.3. The van der Waals surface area contributed by atoms with Crippen molar-refractivity contribution >= 4 is 12.9 Å². The summed E-state index contributed by atoms with van der Waals surface area (Å²) in [5.74, 6) is 0.567. The molecule has 0 aromatic rings. The maximum atomic E-state index is 4.71. The third-order valence-corrected chi connectivity index (χ3v) is 1.44. The number of rotatable bonds is 2. The quantitative estimate of drug-likeness (QED) is 0.432. The zero-order valence-corrected chi connectivity index (χ0v) is 5.90. The molecule has 0 N–H and O–H groups in total. The molecule has 0 radical (unpaired) electrons. The average molecular weight is 120 g/mol. The maximum Gasteiger partial charge on any atom is 0.0713 e. The van der Waals surface area contributed by atoms with E-state index in [9.17, 15) is 0 Å². The van der Waals surface area contributed by atoms with Crippen molar-refractivity contribution < 1.29 is 4.18 Å².